The van der Waals surface area contributed by atoms with Gasteiger partial charge in [-0.2, -0.15) is 0 Å². The van der Waals surface area contributed by atoms with Gasteiger partial charge in [0.05, 0.1) is 0 Å². The Balaban J connectivity index is 0.937. The maximum Gasteiger partial charge on any atom is 0.122 e. The van der Waals surface area contributed by atoms with Gasteiger partial charge in [-0.05, 0) is 83.9 Å². The van der Waals surface area contributed by atoms with E-state index in [1.165, 1.54) is 0 Å². The zero-order chi connectivity index (χ0) is 31.8. The fourth-order valence-electron chi connectivity index (χ4n) is 4.24. The van der Waals surface area contributed by atoms with Crippen LogP contribution in [-0.4, -0.2) is 48.8 Å². The zero-order valence-electron chi connectivity index (χ0n) is 25.4. The first-order valence-corrected chi connectivity index (χ1v) is 15.1. The summed E-state index contributed by atoms with van der Waals surface area (Å²) in [6.07, 6.45) is -1.64. The van der Waals surface area contributed by atoms with Gasteiger partial charge >= 0.3 is 0 Å². The topological polar surface area (TPSA) is 95.8 Å². The van der Waals surface area contributed by atoms with Crippen LogP contribution in [0.4, 0.5) is 0 Å². The molecule has 0 spiro atoms. The number of hydrogen-bond acceptors (Lipinski definition) is 8. The molecule has 0 aromatic heterocycles. The van der Waals surface area contributed by atoms with Gasteiger partial charge in [-0.1, -0.05) is 60.7 Å². The molecule has 8 nitrogen and oxygen atoms in total. The zero-order valence-corrected chi connectivity index (χ0v) is 25.4. The van der Waals surface area contributed by atoms with Gasteiger partial charge in [0.15, 0.2) is 0 Å². The molecule has 5 aromatic carbocycles. The number of hydrogen-bond donors (Lipinski definition) is 2. The molecule has 0 amide bonds. The minimum absolute atomic E-state index is 0.0641. The highest BCUT2D eigenvalue weighted by Gasteiger charge is 2.10. The second kappa shape index (κ2) is 17.3. The van der Waals surface area contributed by atoms with E-state index in [0.29, 0.717) is 36.2 Å². The number of rotatable bonds is 18. The van der Waals surface area contributed by atoms with Crippen LogP contribution in [-0.2, 0) is 13.2 Å². The Hall–Kier alpha value is -5.18. The van der Waals surface area contributed by atoms with Crippen molar-refractivity contribution in [2.75, 3.05) is 26.4 Å². The summed E-state index contributed by atoms with van der Waals surface area (Å²) in [7, 11) is 0. The third-order valence-corrected chi connectivity index (χ3v) is 6.74. The van der Waals surface area contributed by atoms with Crippen LogP contribution >= 0.6 is 0 Å². The second-order valence-corrected chi connectivity index (χ2v) is 10.5. The summed E-state index contributed by atoms with van der Waals surface area (Å²) in [5.74, 6) is 3.88. The molecule has 0 aliphatic carbocycles. The van der Waals surface area contributed by atoms with Crippen LogP contribution in [0.1, 0.15) is 11.1 Å². The monoisotopic (exact) mass is 622 g/mol. The van der Waals surface area contributed by atoms with Crippen LogP contribution in [0.25, 0.3) is 0 Å². The lowest BCUT2D eigenvalue weighted by molar-refractivity contribution is 0.0613. The molecule has 0 aliphatic heterocycles. The molecule has 5 aromatic rings. The van der Waals surface area contributed by atoms with Crippen LogP contribution in [0.2, 0.25) is 0 Å². The van der Waals surface area contributed by atoms with E-state index in [1.807, 2.05) is 84.9 Å². The average molecular weight is 623 g/mol. The number of ether oxygens (including phenoxy) is 6. The van der Waals surface area contributed by atoms with Crippen LogP contribution in [0.3, 0.4) is 0 Å². The molecular formula is C38H38O8. The van der Waals surface area contributed by atoms with Crippen molar-refractivity contribution in [2.45, 2.75) is 25.4 Å². The molecule has 0 heterocycles. The minimum Gasteiger partial charge on any atom is -0.491 e. The first kappa shape index (κ1) is 32.2. The van der Waals surface area contributed by atoms with Gasteiger partial charge < -0.3 is 38.6 Å². The molecule has 0 fully saturated rings. The summed E-state index contributed by atoms with van der Waals surface area (Å²) in [5, 5.41) is 20.6. The van der Waals surface area contributed by atoms with Gasteiger partial charge in [-0.3, -0.25) is 0 Å². The van der Waals surface area contributed by atoms with E-state index in [-0.39, 0.29) is 26.4 Å². The summed E-state index contributed by atoms with van der Waals surface area (Å²) in [6.45, 7) is 1.27. The smallest absolute Gasteiger partial charge is 0.122 e. The lowest BCUT2D eigenvalue weighted by atomic mass is 10.2. The molecular weight excluding hydrogens is 584 g/mol. The van der Waals surface area contributed by atoms with Crippen LogP contribution in [0.15, 0.2) is 133 Å². The van der Waals surface area contributed by atoms with Gasteiger partial charge in [0.25, 0.3) is 0 Å². The van der Waals surface area contributed by atoms with E-state index in [9.17, 15) is 10.2 Å². The molecule has 2 unspecified atom stereocenters. The Labute approximate surface area is 269 Å². The van der Waals surface area contributed by atoms with Crippen molar-refractivity contribution in [2.24, 2.45) is 0 Å². The maximum atomic E-state index is 10.3. The van der Waals surface area contributed by atoms with Crippen LogP contribution in [0.5, 0.6) is 34.5 Å². The molecule has 0 saturated heterocycles. The Morgan fingerprint density at radius 3 is 0.826 bits per heavy atom. The molecule has 0 saturated carbocycles. The second-order valence-electron chi connectivity index (χ2n) is 10.5. The fraction of sp³-hybridized carbons (Fsp3) is 0.211. The molecule has 5 rings (SSSR count). The minimum atomic E-state index is -0.821. The summed E-state index contributed by atoms with van der Waals surface area (Å²) >= 11 is 0. The molecule has 8 heteroatoms. The summed E-state index contributed by atoms with van der Waals surface area (Å²) in [4.78, 5) is 0. The van der Waals surface area contributed by atoms with Crippen LogP contribution < -0.4 is 28.4 Å². The molecule has 238 valence electrons. The highest BCUT2D eigenvalue weighted by molar-refractivity contribution is 5.33. The third kappa shape index (κ3) is 11.1. The highest BCUT2D eigenvalue weighted by Crippen LogP contribution is 2.21. The molecule has 46 heavy (non-hydrogen) atoms. The Morgan fingerprint density at radius 2 is 0.565 bits per heavy atom. The van der Waals surface area contributed by atoms with Crippen LogP contribution in [0, 0.1) is 0 Å². The van der Waals surface area contributed by atoms with Gasteiger partial charge in [-0.15, -0.1) is 0 Å². The summed E-state index contributed by atoms with van der Waals surface area (Å²) < 4.78 is 34.3. The lowest BCUT2D eigenvalue weighted by Gasteiger charge is -2.15. The van der Waals surface area contributed by atoms with E-state index in [1.54, 1.807) is 48.5 Å². The Bertz CT molecular complexity index is 1420. The predicted octanol–water partition coefficient (Wildman–Crippen LogP) is 6.48. The predicted molar refractivity (Wildman–Crippen MR) is 175 cm³/mol. The normalized spacial score (nSPS) is 12.0. The van der Waals surface area contributed by atoms with Gasteiger partial charge in [-0.25, -0.2) is 0 Å². The van der Waals surface area contributed by atoms with Crippen molar-refractivity contribution in [1.29, 1.82) is 0 Å². The van der Waals surface area contributed by atoms with Crippen molar-refractivity contribution in [1.82, 2.24) is 0 Å². The highest BCUT2D eigenvalue weighted by atomic mass is 16.5. The third-order valence-electron chi connectivity index (χ3n) is 6.74. The Kier molecular flexibility index (Phi) is 12.1. The SMILES string of the molecule is OC(COc1ccc(OCc2ccccc2)cc1)COc1ccc(OCC(O)COc2ccc(OCc3ccccc3)cc2)cc1. The van der Waals surface area contributed by atoms with Crippen molar-refractivity contribution >= 4 is 0 Å². The first-order chi connectivity index (χ1) is 22.6. The fourth-order valence-corrected chi connectivity index (χ4v) is 4.24. The molecule has 2 N–H and O–H groups in total. The van der Waals surface area contributed by atoms with E-state index >= 15 is 0 Å². The Morgan fingerprint density at radius 1 is 0.326 bits per heavy atom. The van der Waals surface area contributed by atoms with Crippen molar-refractivity contribution in [3.8, 4) is 34.5 Å². The van der Waals surface area contributed by atoms with Crippen molar-refractivity contribution in [3.05, 3.63) is 145 Å². The first-order valence-electron chi connectivity index (χ1n) is 15.1. The van der Waals surface area contributed by atoms with Gasteiger partial charge in [0, 0.05) is 0 Å². The molecule has 2 atom stereocenters. The quantitative estimate of drug-likeness (QED) is 0.115. The lowest BCUT2D eigenvalue weighted by Crippen LogP contribution is -2.25. The van der Waals surface area contributed by atoms with E-state index in [2.05, 4.69) is 0 Å². The molecule has 0 radical (unpaired) electrons. The van der Waals surface area contributed by atoms with E-state index in [0.717, 1.165) is 22.6 Å². The van der Waals surface area contributed by atoms with Gasteiger partial charge in [0.2, 0.25) is 0 Å². The average Bonchev–Trinajstić information content (AvgIpc) is 3.12. The summed E-state index contributed by atoms with van der Waals surface area (Å²) in [6, 6.07) is 41.4. The largest absolute Gasteiger partial charge is 0.491 e. The molecule has 0 bridgehead atoms. The summed E-state index contributed by atoms with van der Waals surface area (Å²) in [5.41, 5.74) is 2.19. The maximum absolute atomic E-state index is 10.3. The molecule has 0 aliphatic rings. The number of benzene rings is 5. The van der Waals surface area contributed by atoms with E-state index in [4.69, 9.17) is 28.4 Å². The number of aliphatic hydroxyl groups is 2. The standard InChI is InChI=1S/C38H38O8/c39-31(25-43-35-15-11-33(12-16-35)41-23-29-7-3-1-4-8-29)27-45-37-19-21-38(22-20-37)46-28-32(40)26-44-36-17-13-34(14-18-36)42-24-30-9-5-2-6-10-30/h1-22,31-32,39-40H,23-28H2. The van der Waals surface area contributed by atoms with E-state index < -0.39 is 12.2 Å². The number of aliphatic hydroxyl groups excluding tert-OH is 2. The van der Waals surface area contributed by atoms with Crippen molar-refractivity contribution < 1.29 is 38.6 Å². The van der Waals surface area contributed by atoms with Crippen molar-refractivity contribution in [3.63, 3.8) is 0 Å². The van der Waals surface area contributed by atoms with Gasteiger partial charge in [0.1, 0.15) is 86.3 Å².